The molecule has 0 fully saturated rings. The van der Waals surface area contributed by atoms with E-state index in [1.54, 1.807) is 30.3 Å². The van der Waals surface area contributed by atoms with Gasteiger partial charge in [-0.25, -0.2) is 0 Å². The molecule has 4 heteroatoms. The standard InChI is InChI=1S/C15H15NO3/c17-12-7-5-11(6-8-12)9-10-16-15(19)13-3-1-2-4-14(13)18/h1-8,17-18H,9-10H2,(H,16,19). The topological polar surface area (TPSA) is 69.6 Å². The maximum Gasteiger partial charge on any atom is 0.255 e. The summed E-state index contributed by atoms with van der Waals surface area (Å²) in [6.45, 7) is 0.470. The maximum absolute atomic E-state index is 11.8. The summed E-state index contributed by atoms with van der Waals surface area (Å²) < 4.78 is 0. The van der Waals surface area contributed by atoms with E-state index < -0.39 is 0 Å². The number of carbonyl (C=O) groups is 1. The summed E-state index contributed by atoms with van der Waals surface area (Å²) >= 11 is 0. The highest BCUT2D eigenvalue weighted by Gasteiger charge is 2.08. The first-order valence-electron chi connectivity index (χ1n) is 6.01. The quantitative estimate of drug-likeness (QED) is 0.785. The number of benzene rings is 2. The summed E-state index contributed by atoms with van der Waals surface area (Å²) in [4.78, 5) is 11.8. The molecule has 19 heavy (non-hydrogen) atoms. The molecule has 2 aromatic carbocycles. The summed E-state index contributed by atoms with van der Waals surface area (Å²) in [7, 11) is 0. The van der Waals surface area contributed by atoms with Gasteiger partial charge in [0.1, 0.15) is 11.5 Å². The van der Waals surface area contributed by atoms with Crippen LogP contribution in [0, 0.1) is 0 Å². The highest BCUT2D eigenvalue weighted by Crippen LogP contribution is 2.15. The fraction of sp³-hybridized carbons (Fsp3) is 0.133. The van der Waals surface area contributed by atoms with Crippen molar-refractivity contribution in [3.05, 3.63) is 59.7 Å². The monoisotopic (exact) mass is 257 g/mol. The van der Waals surface area contributed by atoms with Crippen molar-refractivity contribution < 1.29 is 15.0 Å². The van der Waals surface area contributed by atoms with Gasteiger partial charge < -0.3 is 15.5 Å². The van der Waals surface area contributed by atoms with Crippen LogP contribution in [0.25, 0.3) is 0 Å². The van der Waals surface area contributed by atoms with E-state index in [0.717, 1.165) is 5.56 Å². The largest absolute Gasteiger partial charge is 0.508 e. The van der Waals surface area contributed by atoms with Crippen molar-refractivity contribution in [3.8, 4) is 11.5 Å². The van der Waals surface area contributed by atoms with Crippen LogP contribution < -0.4 is 5.32 Å². The van der Waals surface area contributed by atoms with Crippen LogP contribution in [0.5, 0.6) is 11.5 Å². The average molecular weight is 257 g/mol. The minimum absolute atomic E-state index is 0.0235. The van der Waals surface area contributed by atoms with Crippen molar-refractivity contribution in [2.75, 3.05) is 6.54 Å². The van der Waals surface area contributed by atoms with Crippen molar-refractivity contribution >= 4 is 5.91 Å². The van der Waals surface area contributed by atoms with Gasteiger partial charge >= 0.3 is 0 Å². The predicted octanol–water partition coefficient (Wildman–Crippen LogP) is 2.07. The zero-order chi connectivity index (χ0) is 13.7. The van der Waals surface area contributed by atoms with Gasteiger partial charge in [0.05, 0.1) is 5.56 Å². The van der Waals surface area contributed by atoms with E-state index in [-0.39, 0.29) is 23.0 Å². The summed E-state index contributed by atoms with van der Waals surface area (Å²) in [5.41, 5.74) is 1.29. The molecule has 2 rings (SSSR count). The predicted molar refractivity (Wildman–Crippen MR) is 72.3 cm³/mol. The van der Waals surface area contributed by atoms with Crippen LogP contribution >= 0.6 is 0 Å². The van der Waals surface area contributed by atoms with E-state index in [2.05, 4.69) is 5.32 Å². The van der Waals surface area contributed by atoms with Crippen LogP contribution in [-0.2, 0) is 6.42 Å². The van der Waals surface area contributed by atoms with Crippen LogP contribution in [0.2, 0.25) is 0 Å². The first-order chi connectivity index (χ1) is 9.16. The highest BCUT2D eigenvalue weighted by molar-refractivity contribution is 5.96. The molecule has 0 bridgehead atoms. The molecule has 98 valence electrons. The molecule has 0 spiro atoms. The number of rotatable bonds is 4. The van der Waals surface area contributed by atoms with E-state index in [1.807, 2.05) is 12.1 Å². The lowest BCUT2D eigenvalue weighted by Crippen LogP contribution is -2.25. The smallest absolute Gasteiger partial charge is 0.255 e. The number of aromatic hydroxyl groups is 2. The van der Waals surface area contributed by atoms with Crippen LogP contribution in [0.15, 0.2) is 48.5 Å². The Balaban J connectivity index is 1.88. The van der Waals surface area contributed by atoms with Crippen molar-refractivity contribution in [1.29, 1.82) is 0 Å². The molecule has 0 atom stereocenters. The van der Waals surface area contributed by atoms with E-state index >= 15 is 0 Å². The molecule has 0 aliphatic heterocycles. The third-order valence-corrected chi connectivity index (χ3v) is 2.78. The van der Waals surface area contributed by atoms with E-state index in [4.69, 9.17) is 5.11 Å². The zero-order valence-corrected chi connectivity index (χ0v) is 10.3. The normalized spacial score (nSPS) is 10.1. The number of phenolic OH excluding ortho intramolecular Hbond substituents is 2. The lowest BCUT2D eigenvalue weighted by Gasteiger charge is -2.06. The van der Waals surface area contributed by atoms with Gasteiger partial charge in [-0.2, -0.15) is 0 Å². The molecule has 0 aliphatic rings. The Kier molecular flexibility index (Phi) is 4.03. The van der Waals surface area contributed by atoms with Gasteiger partial charge in [-0.1, -0.05) is 24.3 Å². The minimum atomic E-state index is -0.295. The van der Waals surface area contributed by atoms with Gasteiger partial charge in [-0.05, 0) is 36.2 Å². The lowest BCUT2D eigenvalue weighted by molar-refractivity contribution is 0.0951. The fourth-order valence-corrected chi connectivity index (χ4v) is 1.74. The number of amides is 1. The van der Waals surface area contributed by atoms with Crippen LogP contribution in [0.1, 0.15) is 15.9 Å². The molecule has 0 radical (unpaired) electrons. The molecular formula is C15H15NO3. The van der Waals surface area contributed by atoms with E-state index in [0.29, 0.717) is 13.0 Å². The van der Waals surface area contributed by atoms with Crippen molar-refractivity contribution in [3.63, 3.8) is 0 Å². The minimum Gasteiger partial charge on any atom is -0.508 e. The number of nitrogens with one attached hydrogen (secondary N) is 1. The Morgan fingerprint density at radius 3 is 2.37 bits per heavy atom. The molecule has 0 saturated heterocycles. The van der Waals surface area contributed by atoms with Gasteiger partial charge in [-0.3, -0.25) is 4.79 Å². The first-order valence-corrected chi connectivity index (χ1v) is 6.01. The third-order valence-electron chi connectivity index (χ3n) is 2.78. The van der Waals surface area contributed by atoms with Crippen molar-refractivity contribution in [2.45, 2.75) is 6.42 Å². The zero-order valence-electron chi connectivity index (χ0n) is 10.3. The van der Waals surface area contributed by atoms with Gasteiger partial charge in [0, 0.05) is 6.54 Å². The average Bonchev–Trinajstić information content (AvgIpc) is 2.41. The van der Waals surface area contributed by atoms with Crippen molar-refractivity contribution in [2.24, 2.45) is 0 Å². The Morgan fingerprint density at radius 2 is 1.68 bits per heavy atom. The fourth-order valence-electron chi connectivity index (χ4n) is 1.74. The summed E-state index contributed by atoms with van der Waals surface area (Å²) in [5, 5.41) is 21.4. The Morgan fingerprint density at radius 1 is 1.00 bits per heavy atom. The SMILES string of the molecule is O=C(NCCc1ccc(O)cc1)c1ccccc1O. The molecule has 3 N–H and O–H groups in total. The first kappa shape index (κ1) is 13.0. The second-order valence-corrected chi connectivity index (χ2v) is 4.19. The second-order valence-electron chi connectivity index (χ2n) is 4.19. The summed E-state index contributed by atoms with van der Waals surface area (Å²) in [6.07, 6.45) is 0.666. The molecule has 0 unspecified atom stereocenters. The van der Waals surface area contributed by atoms with Crippen LogP contribution in [-0.4, -0.2) is 22.7 Å². The Bertz CT molecular complexity index is 564. The Hall–Kier alpha value is -2.49. The molecule has 0 aliphatic carbocycles. The molecular weight excluding hydrogens is 242 g/mol. The molecule has 0 aromatic heterocycles. The van der Waals surface area contributed by atoms with Gasteiger partial charge in [-0.15, -0.1) is 0 Å². The van der Waals surface area contributed by atoms with Crippen molar-refractivity contribution in [1.82, 2.24) is 5.32 Å². The number of carbonyl (C=O) groups excluding carboxylic acids is 1. The van der Waals surface area contributed by atoms with E-state index in [1.165, 1.54) is 6.07 Å². The lowest BCUT2D eigenvalue weighted by atomic mass is 10.1. The third kappa shape index (κ3) is 3.48. The molecule has 2 aromatic rings. The van der Waals surface area contributed by atoms with Gasteiger partial charge in [0.2, 0.25) is 0 Å². The number of para-hydroxylation sites is 1. The number of hydrogen-bond acceptors (Lipinski definition) is 3. The molecule has 0 saturated carbocycles. The summed E-state index contributed by atoms with van der Waals surface area (Å²) in [6, 6.07) is 13.3. The van der Waals surface area contributed by atoms with Gasteiger partial charge in [0.15, 0.2) is 0 Å². The highest BCUT2D eigenvalue weighted by atomic mass is 16.3. The number of phenols is 2. The molecule has 0 heterocycles. The van der Waals surface area contributed by atoms with Crippen LogP contribution in [0.3, 0.4) is 0 Å². The second kappa shape index (κ2) is 5.91. The van der Waals surface area contributed by atoms with E-state index in [9.17, 15) is 9.90 Å². The van der Waals surface area contributed by atoms with Crippen LogP contribution in [0.4, 0.5) is 0 Å². The molecule has 1 amide bonds. The van der Waals surface area contributed by atoms with Gasteiger partial charge in [0.25, 0.3) is 5.91 Å². The number of hydrogen-bond donors (Lipinski definition) is 3. The maximum atomic E-state index is 11.8. The summed E-state index contributed by atoms with van der Waals surface area (Å²) in [5.74, 6) is -0.0940. The molecule has 4 nitrogen and oxygen atoms in total. The Labute approximate surface area is 111 Å².